The van der Waals surface area contributed by atoms with Gasteiger partial charge in [0, 0.05) is 16.5 Å². The van der Waals surface area contributed by atoms with Crippen molar-refractivity contribution in [2.24, 2.45) is 0 Å². The summed E-state index contributed by atoms with van der Waals surface area (Å²) in [6.07, 6.45) is 0. The van der Waals surface area contributed by atoms with Crippen LogP contribution in [0.2, 0.25) is 0 Å². The Labute approximate surface area is 116 Å². The quantitative estimate of drug-likeness (QED) is 0.645. The molecule has 4 heteroatoms. The van der Waals surface area contributed by atoms with E-state index in [1.807, 2.05) is 18.2 Å². The lowest BCUT2D eigenvalue weighted by molar-refractivity contribution is 0.103. The standard InChI is InChI=1S/C14H9BrO2S/c15-8-9-5-6-13-11(7-9)14(16)10-3-1-2-4-12(10)18(13)17/h1-7H,8H2. The summed E-state index contributed by atoms with van der Waals surface area (Å²) >= 11 is 3.36. The van der Waals surface area contributed by atoms with E-state index in [9.17, 15) is 9.00 Å². The topological polar surface area (TPSA) is 34.1 Å². The van der Waals surface area contributed by atoms with Gasteiger partial charge < -0.3 is 0 Å². The molecule has 0 spiro atoms. The zero-order chi connectivity index (χ0) is 12.7. The van der Waals surface area contributed by atoms with Crippen molar-refractivity contribution in [1.29, 1.82) is 0 Å². The Bertz CT molecular complexity index is 679. The maximum Gasteiger partial charge on any atom is 0.195 e. The van der Waals surface area contributed by atoms with Gasteiger partial charge in [-0.3, -0.25) is 4.79 Å². The molecule has 0 radical (unpaired) electrons. The molecular weight excluding hydrogens is 312 g/mol. The average molecular weight is 321 g/mol. The lowest BCUT2D eigenvalue weighted by atomic mass is 10.0. The summed E-state index contributed by atoms with van der Waals surface area (Å²) in [6.45, 7) is 0. The average Bonchev–Trinajstić information content (AvgIpc) is 2.44. The van der Waals surface area contributed by atoms with Gasteiger partial charge in [-0.2, -0.15) is 0 Å². The second-order valence-electron chi connectivity index (χ2n) is 4.06. The normalized spacial score (nSPS) is 17.2. The van der Waals surface area contributed by atoms with Gasteiger partial charge in [-0.15, -0.1) is 0 Å². The predicted molar refractivity (Wildman–Crippen MR) is 73.6 cm³/mol. The molecule has 2 aromatic rings. The molecule has 2 nitrogen and oxygen atoms in total. The number of halogens is 1. The highest BCUT2D eigenvalue weighted by Crippen LogP contribution is 2.32. The van der Waals surface area contributed by atoms with Crippen molar-refractivity contribution in [1.82, 2.24) is 0 Å². The number of ketones is 1. The number of alkyl halides is 1. The fraction of sp³-hybridized carbons (Fsp3) is 0.0714. The van der Waals surface area contributed by atoms with Crippen LogP contribution in [0.3, 0.4) is 0 Å². The van der Waals surface area contributed by atoms with Gasteiger partial charge in [0.05, 0.1) is 20.6 Å². The molecule has 0 bridgehead atoms. The SMILES string of the molecule is O=C1c2ccccc2S(=O)c2ccc(CBr)cc21. The number of hydrogen-bond acceptors (Lipinski definition) is 2. The van der Waals surface area contributed by atoms with Crippen molar-refractivity contribution < 1.29 is 9.00 Å². The van der Waals surface area contributed by atoms with E-state index in [-0.39, 0.29) is 5.78 Å². The monoisotopic (exact) mass is 320 g/mol. The molecule has 0 saturated carbocycles. The van der Waals surface area contributed by atoms with Gasteiger partial charge in [0.25, 0.3) is 0 Å². The molecule has 0 N–H and O–H groups in total. The molecule has 1 atom stereocenters. The smallest absolute Gasteiger partial charge is 0.195 e. The zero-order valence-corrected chi connectivity index (χ0v) is 11.8. The molecule has 0 aliphatic carbocycles. The van der Waals surface area contributed by atoms with Crippen LogP contribution < -0.4 is 0 Å². The summed E-state index contributed by atoms with van der Waals surface area (Å²) in [5.41, 5.74) is 2.12. The molecular formula is C14H9BrO2S. The minimum atomic E-state index is -1.26. The van der Waals surface area contributed by atoms with Crippen LogP contribution in [0.1, 0.15) is 21.5 Å². The zero-order valence-electron chi connectivity index (χ0n) is 9.35. The van der Waals surface area contributed by atoms with E-state index in [4.69, 9.17) is 0 Å². The van der Waals surface area contributed by atoms with Crippen LogP contribution in [0.25, 0.3) is 0 Å². The summed E-state index contributed by atoms with van der Waals surface area (Å²) in [7, 11) is -1.26. The third kappa shape index (κ3) is 1.68. The molecule has 0 aromatic heterocycles. The molecule has 3 rings (SSSR count). The van der Waals surface area contributed by atoms with Crippen molar-refractivity contribution in [2.45, 2.75) is 15.1 Å². The number of carbonyl (C=O) groups is 1. The van der Waals surface area contributed by atoms with Gasteiger partial charge >= 0.3 is 0 Å². The molecule has 2 aromatic carbocycles. The molecule has 90 valence electrons. The second kappa shape index (κ2) is 4.44. The van der Waals surface area contributed by atoms with E-state index in [0.29, 0.717) is 26.2 Å². The van der Waals surface area contributed by atoms with Gasteiger partial charge in [0.1, 0.15) is 0 Å². The van der Waals surface area contributed by atoms with E-state index >= 15 is 0 Å². The van der Waals surface area contributed by atoms with Crippen LogP contribution in [-0.2, 0) is 16.1 Å². The molecule has 1 heterocycles. The van der Waals surface area contributed by atoms with E-state index in [0.717, 1.165) is 5.56 Å². The summed E-state index contributed by atoms with van der Waals surface area (Å²) in [5.74, 6) is -0.0389. The van der Waals surface area contributed by atoms with Crippen LogP contribution in [0.4, 0.5) is 0 Å². The van der Waals surface area contributed by atoms with Gasteiger partial charge in [-0.05, 0) is 29.8 Å². The first-order chi connectivity index (χ1) is 8.72. The molecule has 0 fully saturated rings. The Morgan fingerprint density at radius 2 is 1.72 bits per heavy atom. The second-order valence-corrected chi connectivity index (χ2v) is 6.04. The Balaban J connectivity index is 2.27. The van der Waals surface area contributed by atoms with Crippen molar-refractivity contribution in [3.8, 4) is 0 Å². The maximum atomic E-state index is 12.4. The van der Waals surface area contributed by atoms with E-state index in [1.165, 1.54) is 0 Å². The van der Waals surface area contributed by atoms with Crippen molar-refractivity contribution in [2.75, 3.05) is 0 Å². The van der Waals surface area contributed by atoms with Gasteiger partial charge in [0.2, 0.25) is 0 Å². The van der Waals surface area contributed by atoms with Gasteiger partial charge in [-0.25, -0.2) is 4.21 Å². The summed E-state index contributed by atoms with van der Waals surface area (Å²) < 4.78 is 12.4. The van der Waals surface area contributed by atoms with Crippen molar-refractivity contribution >= 4 is 32.5 Å². The number of benzene rings is 2. The number of hydrogen-bond donors (Lipinski definition) is 0. The fourth-order valence-corrected chi connectivity index (χ4v) is 3.77. The van der Waals surface area contributed by atoms with Gasteiger partial charge in [-0.1, -0.05) is 34.1 Å². The molecule has 1 aliphatic heterocycles. The third-order valence-corrected chi connectivity index (χ3v) is 5.13. The van der Waals surface area contributed by atoms with Gasteiger partial charge in [0.15, 0.2) is 5.78 Å². The lowest BCUT2D eigenvalue weighted by Gasteiger charge is -2.18. The summed E-state index contributed by atoms with van der Waals surface area (Å²) in [5, 5.41) is 0.682. The first kappa shape index (κ1) is 11.8. The number of rotatable bonds is 1. The summed E-state index contributed by atoms with van der Waals surface area (Å²) in [6, 6.07) is 12.6. The minimum Gasteiger partial charge on any atom is -0.289 e. The maximum absolute atomic E-state index is 12.4. The Morgan fingerprint density at radius 1 is 1.00 bits per heavy atom. The van der Waals surface area contributed by atoms with E-state index < -0.39 is 10.8 Å². The summed E-state index contributed by atoms with van der Waals surface area (Å²) in [4.78, 5) is 13.6. The Kier molecular flexibility index (Phi) is 2.92. The number of carbonyl (C=O) groups excluding carboxylic acids is 1. The molecule has 0 amide bonds. The highest BCUT2D eigenvalue weighted by Gasteiger charge is 2.28. The fourth-order valence-electron chi connectivity index (χ4n) is 2.08. The molecule has 18 heavy (non-hydrogen) atoms. The van der Waals surface area contributed by atoms with Crippen LogP contribution in [0.5, 0.6) is 0 Å². The van der Waals surface area contributed by atoms with Crippen LogP contribution in [-0.4, -0.2) is 9.99 Å². The lowest BCUT2D eigenvalue weighted by Crippen LogP contribution is -2.16. The minimum absolute atomic E-state index is 0.0389. The van der Waals surface area contributed by atoms with Crippen LogP contribution >= 0.6 is 15.9 Å². The first-order valence-corrected chi connectivity index (χ1v) is 7.74. The Morgan fingerprint density at radius 3 is 2.50 bits per heavy atom. The highest BCUT2D eigenvalue weighted by atomic mass is 79.9. The van der Waals surface area contributed by atoms with E-state index in [2.05, 4.69) is 15.9 Å². The number of fused-ring (bicyclic) bond motifs is 2. The molecule has 1 unspecified atom stereocenters. The van der Waals surface area contributed by atoms with E-state index in [1.54, 1.807) is 24.3 Å². The van der Waals surface area contributed by atoms with Crippen molar-refractivity contribution in [3.05, 3.63) is 59.2 Å². The van der Waals surface area contributed by atoms with Crippen molar-refractivity contribution in [3.63, 3.8) is 0 Å². The third-order valence-electron chi connectivity index (χ3n) is 2.97. The van der Waals surface area contributed by atoms with Crippen LogP contribution in [0, 0.1) is 0 Å². The molecule has 1 aliphatic rings. The van der Waals surface area contributed by atoms with Crippen LogP contribution in [0.15, 0.2) is 52.3 Å². The predicted octanol–water partition coefficient (Wildman–Crippen LogP) is 3.29. The largest absolute Gasteiger partial charge is 0.289 e. The first-order valence-electron chi connectivity index (χ1n) is 5.47. The molecule has 0 saturated heterocycles. The Hall–Kier alpha value is -1.26. The highest BCUT2D eigenvalue weighted by molar-refractivity contribution is 9.08.